The summed E-state index contributed by atoms with van der Waals surface area (Å²) in [4.78, 5) is 0. The fraction of sp³-hybridized carbons (Fsp3) is 1.00. The van der Waals surface area contributed by atoms with Crippen LogP contribution in [0.1, 0.15) is 71.1 Å². The van der Waals surface area contributed by atoms with E-state index >= 15 is 0 Å². The minimum Gasteiger partial charge on any atom is -0.320 e. The highest BCUT2D eigenvalue weighted by Gasteiger charge is 1.91. The fourth-order valence-corrected chi connectivity index (χ4v) is 2.27. The third-order valence-electron chi connectivity index (χ3n) is 2.96. The van der Waals surface area contributed by atoms with Gasteiger partial charge >= 0.3 is 0 Å². The molecule has 0 rings (SSSR count). The van der Waals surface area contributed by atoms with E-state index in [1.807, 2.05) is 0 Å². The lowest BCUT2D eigenvalue weighted by Gasteiger charge is -2.02. The minimum atomic E-state index is 1.25. The molecule has 0 bridgehead atoms. The van der Waals surface area contributed by atoms with Crippen LogP contribution in [0.15, 0.2) is 0 Å². The molecule has 2 heteroatoms. The maximum absolute atomic E-state index is 3.44. The highest BCUT2D eigenvalue weighted by Crippen LogP contribution is 2.09. The van der Waals surface area contributed by atoms with Crippen molar-refractivity contribution in [3.8, 4) is 0 Å². The van der Waals surface area contributed by atoms with Gasteiger partial charge in [-0.2, -0.15) is 0 Å². The number of hydrogen-bond donors (Lipinski definition) is 1. The Hall–Kier alpha value is 0.177. The monoisotopic (exact) mass is 229 g/mol. The van der Waals surface area contributed by atoms with Crippen molar-refractivity contribution in [2.75, 3.05) is 12.7 Å². The first-order valence-electron chi connectivity index (χ1n) is 7.12. The van der Waals surface area contributed by atoms with Gasteiger partial charge in [0.05, 0.1) is 0 Å². The lowest BCUT2D eigenvalue weighted by atomic mass is 10.1. The summed E-state index contributed by atoms with van der Waals surface area (Å²) in [6.45, 7) is 3.53. The maximum atomic E-state index is 3.44. The highest BCUT2D eigenvalue weighted by molar-refractivity contribution is 6.08. The Balaban J connectivity index is 2.81. The van der Waals surface area contributed by atoms with E-state index in [-0.39, 0.29) is 0 Å². The van der Waals surface area contributed by atoms with Crippen LogP contribution in [0.4, 0.5) is 0 Å². The van der Waals surface area contributed by atoms with Crippen LogP contribution >= 0.6 is 0 Å². The van der Waals surface area contributed by atoms with Crippen molar-refractivity contribution >= 4 is 10.2 Å². The molecule has 0 aromatic rings. The summed E-state index contributed by atoms with van der Waals surface area (Å²) >= 11 is 0. The van der Waals surface area contributed by atoms with Crippen LogP contribution < -0.4 is 5.32 Å². The fourth-order valence-electron chi connectivity index (χ4n) is 1.91. The van der Waals surface area contributed by atoms with E-state index in [1.54, 1.807) is 0 Å². The Morgan fingerprint density at radius 2 is 1.20 bits per heavy atom. The Morgan fingerprint density at radius 3 is 1.67 bits per heavy atom. The molecule has 0 aromatic heterocycles. The van der Waals surface area contributed by atoms with Gasteiger partial charge in [0.15, 0.2) is 0 Å². The van der Waals surface area contributed by atoms with Gasteiger partial charge in [-0.25, -0.2) is 0 Å². The minimum absolute atomic E-state index is 1.25. The van der Waals surface area contributed by atoms with Crippen molar-refractivity contribution < 1.29 is 0 Å². The zero-order valence-corrected chi connectivity index (χ0v) is 13.0. The first kappa shape index (κ1) is 15.2. The maximum Gasteiger partial charge on any atom is 0.0201 e. The molecule has 0 aliphatic heterocycles. The molecule has 0 radical (unpaired) electrons. The van der Waals surface area contributed by atoms with Crippen LogP contribution in [0.3, 0.4) is 0 Å². The second-order valence-electron chi connectivity index (χ2n) is 4.54. The molecule has 0 unspecified atom stereocenters. The van der Waals surface area contributed by atoms with Crippen molar-refractivity contribution in [2.45, 2.75) is 71.1 Å². The van der Waals surface area contributed by atoms with Gasteiger partial charge in [-0.3, -0.25) is 0 Å². The van der Waals surface area contributed by atoms with Crippen molar-refractivity contribution in [3.05, 3.63) is 0 Å². The van der Waals surface area contributed by atoms with Crippen molar-refractivity contribution in [3.63, 3.8) is 0 Å². The van der Waals surface area contributed by atoms with Gasteiger partial charge in [0, 0.05) is 10.2 Å². The number of hydrogen-bond acceptors (Lipinski definition) is 1. The Bertz CT molecular complexity index is 94.7. The van der Waals surface area contributed by atoms with Crippen molar-refractivity contribution in [2.24, 2.45) is 0 Å². The number of rotatable bonds is 12. The van der Waals surface area contributed by atoms with Gasteiger partial charge in [0.25, 0.3) is 0 Å². The normalized spacial score (nSPS) is 11.0. The van der Waals surface area contributed by atoms with E-state index in [0.717, 1.165) is 0 Å². The lowest BCUT2D eigenvalue weighted by Crippen LogP contribution is -2.16. The van der Waals surface area contributed by atoms with E-state index in [0.29, 0.717) is 0 Å². The zero-order chi connectivity index (χ0) is 11.2. The van der Waals surface area contributed by atoms with E-state index in [1.165, 1.54) is 87.2 Å². The average Bonchev–Trinajstić information content (AvgIpc) is 2.26. The second kappa shape index (κ2) is 14.2. The molecule has 1 nitrogen and oxygen atoms in total. The molecule has 0 aliphatic carbocycles. The molecule has 0 amide bonds. The summed E-state index contributed by atoms with van der Waals surface area (Å²) in [5.74, 6) is 0. The van der Waals surface area contributed by atoms with Gasteiger partial charge in [0.1, 0.15) is 0 Å². The SMILES string of the molecule is CCCCCCCCCCCCNC[SiH3]. The van der Waals surface area contributed by atoms with Crippen LogP contribution in [-0.2, 0) is 0 Å². The van der Waals surface area contributed by atoms with Gasteiger partial charge < -0.3 is 5.32 Å². The van der Waals surface area contributed by atoms with Crippen molar-refractivity contribution in [1.82, 2.24) is 5.32 Å². The molecule has 0 heterocycles. The van der Waals surface area contributed by atoms with Gasteiger partial charge in [0.2, 0.25) is 0 Å². The quantitative estimate of drug-likeness (QED) is 0.401. The van der Waals surface area contributed by atoms with Gasteiger partial charge in [-0.1, -0.05) is 64.7 Å². The summed E-state index contributed by atoms with van der Waals surface area (Å²) in [5, 5.41) is 3.44. The average molecular weight is 229 g/mol. The molecule has 0 saturated carbocycles. The van der Waals surface area contributed by atoms with E-state index in [4.69, 9.17) is 0 Å². The van der Waals surface area contributed by atoms with Crippen LogP contribution in [-0.4, -0.2) is 23.0 Å². The standard InChI is InChI=1S/C13H31NSi/c1-2-3-4-5-6-7-8-9-10-11-12-14-13-15/h14H,2-13H2,1,15H3. The summed E-state index contributed by atoms with van der Waals surface area (Å²) in [6, 6.07) is 0. The van der Waals surface area contributed by atoms with Crippen LogP contribution in [0.2, 0.25) is 0 Å². The molecular formula is C13H31NSi. The van der Waals surface area contributed by atoms with Crippen LogP contribution in [0, 0.1) is 0 Å². The second-order valence-corrected chi connectivity index (χ2v) is 5.24. The number of nitrogens with one attached hydrogen (secondary N) is 1. The molecule has 0 aliphatic rings. The third kappa shape index (κ3) is 14.2. The van der Waals surface area contributed by atoms with Crippen LogP contribution in [0.5, 0.6) is 0 Å². The first-order chi connectivity index (χ1) is 7.41. The molecule has 92 valence electrons. The first-order valence-corrected chi connectivity index (χ1v) is 8.54. The highest BCUT2D eigenvalue weighted by atomic mass is 28.1. The van der Waals surface area contributed by atoms with Gasteiger partial charge in [-0.05, 0) is 19.1 Å². The zero-order valence-electron chi connectivity index (χ0n) is 11.0. The molecule has 0 atom stereocenters. The Labute approximate surface area is 99.8 Å². The topological polar surface area (TPSA) is 12.0 Å². The third-order valence-corrected chi connectivity index (χ3v) is 3.46. The van der Waals surface area contributed by atoms with Crippen molar-refractivity contribution in [1.29, 1.82) is 0 Å². The van der Waals surface area contributed by atoms with Gasteiger partial charge in [-0.15, -0.1) is 0 Å². The van der Waals surface area contributed by atoms with E-state index < -0.39 is 0 Å². The predicted molar refractivity (Wildman–Crippen MR) is 74.7 cm³/mol. The summed E-state index contributed by atoms with van der Waals surface area (Å²) < 4.78 is 0. The van der Waals surface area contributed by atoms with E-state index in [2.05, 4.69) is 12.2 Å². The van der Waals surface area contributed by atoms with E-state index in [9.17, 15) is 0 Å². The predicted octanol–water partition coefficient (Wildman–Crippen LogP) is 2.82. The Kier molecular flexibility index (Phi) is 14.3. The molecule has 1 N–H and O–H groups in total. The summed E-state index contributed by atoms with van der Waals surface area (Å²) in [5.41, 5.74) is 0. The lowest BCUT2D eigenvalue weighted by molar-refractivity contribution is 0.550. The summed E-state index contributed by atoms with van der Waals surface area (Å²) in [6.07, 6.45) is 15.7. The van der Waals surface area contributed by atoms with Crippen LogP contribution in [0.25, 0.3) is 0 Å². The molecule has 15 heavy (non-hydrogen) atoms. The summed E-state index contributed by atoms with van der Waals surface area (Å²) in [7, 11) is 1.30. The smallest absolute Gasteiger partial charge is 0.0201 e. The Morgan fingerprint density at radius 1 is 0.733 bits per heavy atom. The molecule has 0 aromatic carbocycles. The molecule has 0 saturated heterocycles. The largest absolute Gasteiger partial charge is 0.320 e. The molecular weight excluding hydrogens is 198 g/mol. The molecule has 0 spiro atoms. The number of unbranched alkanes of at least 4 members (excludes halogenated alkanes) is 9. The molecule has 0 fully saturated rings.